The molecule has 0 radical (unpaired) electrons. The van der Waals surface area contributed by atoms with Gasteiger partial charge in [0.2, 0.25) is 0 Å². The number of aromatic hydroxyl groups is 1. The van der Waals surface area contributed by atoms with Crippen molar-refractivity contribution in [2.45, 2.75) is 6.92 Å². The van der Waals surface area contributed by atoms with Crippen molar-refractivity contribution < 1.29 is 9.90 Å². The lowest BCUT2D eigenvalue weighted by molar-refractivity contribution is 0.0989. The van der Waals surface area contributed by atoms with Gasteiger partial charge in [-0.05, 0) is 37.3 Å². The highest BCUT2D eigenvalue weighted by Crippen LogP contribution is 2.25. The van der Waals surface area contributed by atoms with Gasteiger partial charge in [-0.15, -0.1) is 0 Å². The smallest absolute Gasteiger partial charge is 0.260 e. The highest BCUT2D eigenvalue weighted by molar-refractivity contribution is 6.31. The molecule has 0 saturated carbocycles. The van der Waals surface area contributed by atoms with E-state index in [1.54, 1.807) is 36.4 Å². The predicted octanol–water partition coefficient (Wildman–Crippen LogP) is 3.29. The van der Waals surface area contributed by atoms with Gasteiger partial charge in [-0.25, -0.2) is 0 Å². The molecule has 0 aliphatic rings. The third-order valence-electron chi connectivity index (χ3n) is 2.95. The first-order valence-electron chi connectivity index (χ1n) is 6.19. The van der Waals surface area contributed by atoms with Gasteiger partial charge in [0.15, 0.2) is 0 Å². The van der Waals surface area contributed by atoms with Gasteiger partial charge in [0.25, 0.3) is 5.91 Å². The number of benzene rings is 2. The second-order valence-electron chi connectivity index (χ2n) is 4.30. The van der Waals surface area contributed by atoms with Crippen LogP contribution in [0.5, 0.6) is 5.75 Å². The number of hydrogen-bond acceptors (Lipinski definition) is 3. The zero-order valence-corrected chi connectivity index (χ0v) is 11.8. The summed E-state index contributed by atoms with van der Waals surface area (Å²) in [5.74, 6) is -0.147. The van der Waals surface area contributed by atoms with E-state index in [2.05, 4.69) is 0 Å². The van der Waals surface area contributed by atoms with Crippen LogP contribution in [0.25, 0.3) is 0 Å². The fourth-order valence-corrected chi connectivity index (χ4v) is 2.14. The monoisotopic (exact) mass is 290 g/mol. The number of carbonyl (C=O) groups is 1. The Balaban J connectivity index is 2.41. The highest BCUT2D eigenvalue weighted by atomic mass is 35.5. The third kappa shape index (κ3) is 2.86. The number of rotatable bonds is 3. The molecule has 0 bridgehead atoms. The van der Waals surface area contributed by atoms with Gasteiger partial charge in [-0.1, -0.05) is 17.7 Å². The van der Waals surface area contributed by atoms with E-state index in [9.17, 15) is 9.90 Å². The molecule has 2 aromatic carbocycles. The first-order valence-corrected chi connectivity index (χ1v) is 6.56. The Hall–Kier alpha value is -2.20. The van der Waals surface area contributed by atoms with Gasteiger partial charge in [0, 0.05) is 29.0 Å². The molecule has 0 aliphatic carbocycles. The quantitative estimate of drug-likeness (QED) is 0.852. The van der Waals surface area contributed by atoms with Crippen LogP contribution in [-0.4, -0.2) is 17.6 Å². The molecule has 20 heavy (non-hydrogen) atoms. The molecule has 1 amide bonds. The molecule has 0 aromatic heterocycles. The Morgan fingerprint density at radius 3 is 2.70 bits per heavy atom. The Morgan fingerprint density at radius 2 is 2.05 bits per heavy atom. The number of nitrogens with zero attached hydrogens (tertiary/aromatic N) is 1. The first kappa shape index (κ1) is 14.2. The van der Waals surface area contributed by atoms with Crippen molar-refractivity contribution in [3.8, 4) is 5.75 Å². The Labute approximate surface area is 122 Å². The summed E-state index contributed by atoms with van der Waals surface area (Å²) < 4.78 is 0. The molecule has 5 heteroatoms. The van der Waals surface area contributed by atoms with Crippen LogP contribution in [0.3, 0.4) is 0 Å². The molecule has 2 rings (SSSR count). The normalized spacial score (nSPS) is 10.3. The summed E-state index contributed by atoms with van der Waals surface area (Å²) in [5.41, 5.74) is 7.17. The fraction of sp³-hybridized carbons (Fsp3) is 0.133. The number of hydrogen-bond donors (Lipinski definition) is 2. The standard InChI is InChI=1S/C15H15ClN2O2/c1-2-18(11-4-3-5-12(19)9-11)15(20)13-8-10(16)6-7-14(13)17/h3-9,19H,2,17H2,1H3. The van der Waals surface area contributed by atoms with Crippen molar-refractivity contribution in [3.05, 3.63) is 53.1 Å². The number of anilines is 2. The maximum atomic E-state index is 12.6. The van der Waals surface area contributed by atoms with E-state index in [1.807, 2.05) is 6.92 Å². The SMILES string of the molecule is CCN(C(=O)c1cc(Cl)ccc1N)c1cccc(O)c1. The summed E-state index contributed by atoms with van der Waals surface area (Å²) in [6.45, 7) is 2.30. The second-order valence-corrected chi connectivity index (χ2v) is 4.74. The average Bonchev–Trinajstić information content (AvgIpc) is 2.42. The van der Waals surface area contributed by atoms with E-state index in [0.29, 0.717) is 28.5 Å². The zero-order valence-electron chi connectivity index (χ0n) is 11.0. The summed E-state index contributed by atoms with van der Waals surface area (Å²) in [5, 5.41) is 9.98. The van der Waals surface area contributed by atoms with Gasteiger partial charge in [-0.2, -0.15) is 0 Å². The minimum atomic E-state index is -0.252. The van der Waals surface area contributed by atoms with Crippen LogP contribution in [0.4, 0.5) is 11.4 Å². The van der Waals surface area contributed by atoms with Crippen molar-refractivity contribution in [2.75, 3.05) is 17.2 Å². The van der Waals surface area contributed by atoms with Crippen molar-refractivity contribution in [2.24, 2.45) is 0 Å². The summed E-state index contributed by atoms with van der Waals surface area (Å²) in [7, 11) is 0. The molecule has 0 aliphatic heterocycles. The lowest BCUT2D eigenvalue weighted by Gasteiger charge is -2.22. The van der Waals surface area contributed by atoms with Crippen molar-refractivity contribution in [1.82, 2.24) is 0 Å². The van der Waals surface area contributed by atoms with Crippen molar-refractivity contribution in [3.63, 3.8) is 0 Å². The molecular formula is C15H15ClN2O2. The molecule has 2 aromatic rings. The van der Waals surface area contributed by atoms with E-state index in [1.165, 1.54) is 11.0 Å². The van der Waals surface area contributed by atoms with Crippen LogP contribution in [-0.2, 0) is 0 Å². The van der Waals surface area contributed by atoms with Gasteiger partial charge in [-0.3, -0.25) is 4.79 Å². The van der Waals surface area contributed by atoms with Crippen LogP contribution in [0, 0.1) is 0 Å². The lowest BCUT2D eigenvalue weighted by atomic mass is 10.1. The zero-order chi connectivity index (χ0) is 14.7. The molecular weight excluding hydrogens is 276 g/mol. The van der Waals surface area contributed by atoms with Gasteiger partial charge in [0.05, 0.1) is 5.56 Å². The molecule has 0 spiro atoms. The highest BCUT2D eigenvalue weighted by Gasteiger charge is 2.19. The maximum Gasteiger partial charge on any atom is 0.260 e. The van der Waals surface area contributed by atoms with E-state index in [4.69, 9.17) is 17.3 Å². The molecule has 0 atom stereocenters. The van der Waals surface area contributed by atoms with Gasteiger partial charge >= 0.3 is 0 Å². The first-order chi connectivity index (χ1) is 9.52. The number of nitrogen functional groups attached to an aromatic ring is 1. The Morgan fingerprint density at radius 1 is 1.30 bits per heavy atom. The van der Waals surface area contributed by atoms with Crippen LogP contribution in [0.2, 0.25) is 5.02 Å². The van der Waals surface area contributed by atoms with Crippen molar-refractivity contribution in [1.29, 1.82) is 0 Å². The molecule has 0 unspecified atom stereocenters. The molecule has 0 heterocycles. The predicted molar refractivity (Wildman–Crippen MR) is 81.3 cm³/mol. The van der Waals surface area contributed by atoms with E-state index in [0.717, 1.165) is 0 Å². The van der Waals surface area contributed by atoms with Crippen molar-refractivity contribution >= 4 is 28.9 Å². The van der Waals surface area contributed by atoms with Crippen LogP contribution >= 0.6 is 11.6 Å². The molecule has 0 fully saturated rings. The van der Waals surface area contributed by atoms with Crippen LogP contribution < -0.4 is 10.6 Å². The summed E-state index contributed by atoms with van der Waals surface area (Å²) in [6.07, 6.45) is 0. The number of phenolic OH excluding ortho intramolecular Hbond substituents is 1. The van der Waals surface area contributed by atoms with E-state index in [-0.39, 0.29) is 11.7 Å². The fourth-order valence-electron chi connectivity index (χ4n) is 1.96. The lowest BCUT2D eigenvalue weighted by Crippen LogP contribution is -2.31. The minimum absolute atomic E-state index is 0.104. The summed E-state index contributed by atoms with van der Waals surface area (Å²) in [6, 6.07) is 11.3. The largest absolute Gasteiger partial charge is 0.508 e. The maximum absolute atomic E-state index is 12.6. The second kappa shape index (κ2) is 5.84. The number of amides is 1. The molecule has 4 nitrogen and oxygen atoms in total. The van der Waals surface area contributed by atoms with Crippen LogP contribution in [0.15, 0.2) is 42.5 Å². The van der Waals surface area contributed by atoms with E-state index < -0.39 is 0 Å². The number of halogens is 1. The average molecular weight is 291 g/mol. The number of carbonyl (C=O) groups excluding carboxylic acids is 1. The van der Waals surface area contributed by atoms with Gasteiger partial charge in [0.1, 0.15) is 5.75 Å². The van der Waals surface area contributed by atoms with E-state index >= 15 is 0 Å². The Kier molecular flexibility index (Phi) is 4.15. The molecule has 3 N–H and O–H groups in total. The Bertz CT molecular complexity index is 644. The number of nitrogens with two attached hydrogens (primary N) is 1. The molecule has 104 valence electrons. The van der Waals surface area contributed by atoms with Crippen LogP contribution in [0.1, 0.15) is 17.3 Å². The third-order valence-corrected chi connectivity index (χ3v) is 3.18. The topological polar surface area (TPSA) is 66.6 Å². The number of phenols is 1. The van der Waals surface area contributed by atoms with Gasteiger partial charge < -0.3 is 15.7 Å². The molecule has 0 saturated heterocycles. The summed E-state index contributed by atoms with van der Waals surface area (Å²) >= 11 is 5.91. The summed E-state index contributed by atoms with van der Waals surface area (Å²) in [4.78, 5) is 14.1. The minimum Gasteiger partial charge on any atom is -0.508 e.